The number of methoxy groups -OCH3 is 2. The van der Waals surface area contributed by atoms with Crippen LogP contribution in [0.1, 0.15) is 30.9 Å². The Morgan fingerprint density at radius 1 is 0.879 bits per heavy atom. The zero-order chi connectivity index (χ0) is 23.1. The summed E-state index contributed by atoms with van der Waals surface area (Å²) in [6, 6.07) is 9.11. The van der Waals surface area contributed by atoms with E-state index in [1.165, 1.54) is 14.2 Å². The molecule has 176 valence electrons. The molecule has 0 aromatic carbocycles. The molecule has 9 nitrogen and oxygen atoms in total. The number of carbonyl (C=O) groups is 3. The van der Waals surface area contributed by atoms with Crippen LogP contribution in [0, 0.1) is 10.8 Å². The lowest BCUT2D eigenvalue weighted by Crippen LogP contribution is -2.75. The maximum Gasteiger partial charge on any atom is 0.322 e. The summed E-state index contributed by atoms with van der Waals surface area (Å²) in [7, 11) is 6.06. The molecule has 4 heterocycles. The summed E-state index contributed by atoms with van der Waals surface area (Å²) in [4.78, 5) is 53.8. The number of pyridine rings is 2. The summed E-state index contributed by atoms with van der Waals surface area (Å²) in [5.41, 5.74) is -2.29. The molecular formula is C24H30N4O5. The number of Topliss-reactive ketones (excluding diaryl/α,β-unsaturated/α-hetero) is 1. The number of hydrogen-bond donors (Lipinski definition) is 0. The fourth-order valence-corrected chi connectivity index (χ4v) is 5.61. The van der Waals surface area contributed by atoms with Crippen molar-refractivity contribution >= 4 is 17.7 Å². The third-order valence-electron chi connectivity index (χ3n) is 6.63. The number of ketones is 1. The molecule has 2 saturated heterocycles. The van der Waals surface area contributed by atoms with Crippen molar-refractivity contribution in [3.8, 4) is 0 Å². The van der Waals surface area contributed by atoms with Gasteiger partial charge in [0.2, 0.25) is 0 Å². The predicted octanol–water partition coefficient (Wildman–Crippen LogP) is 1.67. The Labute approximate surface area is 193 Å². The van der Waals surface area contributed by atoms with Gasteiger partial charge in [0, 0.05) is 25.5 Å². The van der Waals surface area contributed by atoms with Crippen molar-refractivity contribution in [3.05, 3.63) is 60.2 Å². The number of aromatic nitrogens is 2. The van der Waals surface area contributed by atoms with E-state index in [4.69, 9.17) is 9.47 Å². The highest BCUT2D eigenvalue weighted by molar-refractivity contribution is 6.17. The third kappa shape index (κ3) is 3.34. The molecule has 2 aromatic rings. The van der Waals surface area contributed by atoms with Crippen molar-refractivity contribution in [1.82, 2.24) is 19.8 Å². The smallest absolute Gasteiger partial charge is 0.322 e. The molecule has 2 aliphatic rings. The van der Waals surface area contributed by atoms with Crippen LogP contribution in [0.3, 0.4) is 0 Å². The van der Waals surface area contributed by atoms with Gasteiger partial charge in [-0.2, -0.15) is 0 Å². The normalized spacial score (nSPS) is 29.6. The van der Waals surface area contributed by atoms with Gasteiger partial charge in [0.1, 0.15) is 0 Å². The second-order valence-corrected chi connectivity index (χ2v) is 8.41. The lowest BCUT2D eigenvalue weighted by Gasteiger charge is -2.60. The number of piperidine rings is 2. The quantitative estimate of drug-likeness (QED) is 0.504. The molecule has 0 N–H and O–H groups in total. The van der Waals surface area contributed by atoms with Crippen LogP contribution in [0.4, 0.5) is 0 Å². The maximum atomic E-state index is 14.4. The third-order valence-corrected chi connectivity index (χ3v) is 6.63. The topological polar surface area (TPSA) is 102 Å². The van der Waals surface area contributed by atoms with Gasteiger partial charge >= 0.3 is 11.9 Å². The number of fused-ring (bicyclic) bond motifs is 2. The van der Waals surface area contributed by atoms with Gasteiger partial charge in [-0.1, -0.05) is 19.6 Å². The summed E-state index contributed by atoms with van der Waals surface area (Å²) in [5.74, 6) is -1.93. The van der Waals surface area contributed by atoms with Gasteiger partial charge in [-0.25, -0.2) is 0 Å². The Morgan fingerprint density at radius 3 is 1.64 bits per heavy atom. The van der Waals surface area contributed by atoms with Gasteiger partial charge in [0.25, 0.3) is 0 Å². The number of ether oxygens (including phenoxy) is 2. The van der Waals surface area contributed by atoms with Crippen molar-refractivity contribution in [2.24, 2.45) is 10.8 Å². The molecule has 33 heavy (non-hydrogen) atoms. The molecule has 4 unspecified atom stereocenters. The number of rotatable bonds is 4. The Hall–Kier alpha value is -3.17. The summed E-state index contributed by atoms with van der Waals surface area (Å²) >= 11 is 0. The van der Waals surface area contributed by atoms with Gasteiger partial charge in [0.15, 0.2) is 16.6 Å². The van der Waals surface area contributed by atoms with E-state index in [0.29, 0.717) is 11.4 Å². The summed E-state index contributed by atoms with van der Waals surface area (Å²) in [6.07, 6.45) is 3.23. The molecule has 2 aliphatic heterocycles. The predicted molar refractivity (Wildman–Crippen MR) is 120 cm³/mol. The second-order valence-electron chi connectivity index (χ2n) is 8.41. The monoisotopic (exact) mass is 454 g/mol. The van der Waals surface area contributed by atoms with E-state index in [9.17, 15) is 14.4 Å². The molecule has 9 heteroatoms. The molecule has 2 aromatic heterocycles. The zero-order valence-corrected chi connectivity index (χ0v) is 18.5. The molecule has 2 fully saturated rings. The molecule has 0 radical (unpaired) electrons. The highest BCUT2D eigenvalue weighted by Crippen LogP contribution is 2.59. The molecule has 2 bridgehead atoms. The van der Waals surface area contributed by atoms with Gasteiger partial charge in [-0.3, -0.25) is 29.3 Å². The molecule has 4 atom stereocenters. The van der Waals surface area contributed by atoms with Crippen molar-refractivity contribution in [3.63, 3.8) is 0 Å². The van der Waals surface area contributed by atoms with E-state index in [0.717, 1.165) is 0 Å². The van der Waals surface area contributed by atoms with Crippen LogP contribution >= 0.6 is 0 Å². The van der Waals surface area contributed by atoms with Crippen molar-refractivity contribution in [2.45, 2.75) is 19.5 Å². The molecule has 0 spiro atoms. The van der Waals surface area contributed by atoms with Crippen molar-refractivity contribution in [1.29, 1.82) is 0 Å². The summed E-state index contributed by atoms with van der Waals surface area (Å²) in [5, 5.41) is 0. The fraction of sp³-hybridized carbons (Fsp3) is 0.458. The minimum absolute atomic E-state index is 0. The summed E-state index contributed by atoms with van der Waals surface area (Å²) < 4.78 is 10.4. The number of hydrogen-bond acceptors (Lipinski definition) is 9. The van der Waals surface area contributed by atoms with Crippen LogP contribution in [-0.4, -0.2) is 78.9 Å². The van der Waals surface area contributed by atoms with Gasteiger partial charge in [0.05, 0.1) is 37.7 Å². The number of nitrogens with zero attached hydrogens (tertiary/aromatic N) is 4. The first kappa shape index (κ1) is 24.5. The van der Waals surface area contributed by atoms with Gasteiger partial charge in [-0.05, 0) is 38.4 Å². The van der Waals surface area contributed by atoms with Crippen LogP contribution in [0.5, 0.6) is 0 Å². The van der Waals surface area contributed by atoms with Crippen LogP contribution in [0.25, 0.3) is 0 Å². The number of carbonyl (C=O) groups excluding carboxylic acids is 3. The Balaban J connectivity index is 0.00000306. The zero-order valence-electron chi connectivity index (χ0n) is 18.5. The van der Waals surface area contributed by atoms with E-state index in [1.54, 1.807) is 62.9 Å². The van der Waals surface area contributed by atoms with Crippen molar-refractivity contribution < 1.29 is 23.9 Å². The number of likely N-dealkylation sites (tertiary alicyclic amines) is 2. The molecule has 0 saturated carbocycles. The Morgan fingerprint density at radius 2 is 1.30 bits per heavy atom. The lowest BCUT2D eigenvalue weighted by atomic mass is 9.54. The SMILES string of the molecule is C.COC(=O)C12CN(C)CC(C(=O)OC)(C1=O)C(c1ccccn1)N(C)C2c1ccccn1. The highest BCUT2D eigenvalue weighted by Gasteiger charge is 2.75. The first-order valence-corrected chi connectivity index (χ1v) is 10.3. The maximum absolute atomic E-state index is 14.4. The van der Waals surface area contributed by atoms with E-state index in [1.807, 2.05) is 9.80 Å². The van der Waals surface area contributed by atoms with E-state index < -0.39 is 40.6 Å². The first-order chi connectivity index (χ1) is 15.3. The van der Waals surface area contributed by atoms with Crippen LogP contribution in [-0.2, 0) is 23.9 Å². The molecule has 0 aliphatic carbocycles. The minimum Gasteiger partial charge on any atom is -0.468 e. The van der Waals surface area contributed by atoms with Gasteiger partial charge < -0.3 is 14.4 Å². The molecular weight excluding hydrogens is 424 g/mol. The highest BCUT2D eigenvalue weighted by atomic mass is 16.5. The first-order valence-electron chi connectivity index (χ1n) is 10.3. The molecule has 4 rings (SSSR count). The van der Waals surface area contributed by atoms with Crippen LogP contribution in [0.15, 0.2) is 48.8 Å². The summed E-state index contributed by atoms with van der Waals surface area (Å²) in [6.45, 7) is 0.162. The lowest BCUT2D eigenvalue weighted by molar-refractivity contribution is -0.202. The van der Waals surface area contributed by atoms with Crippen LogP contribution < -0.4 is 0 Å². The molecule has 0 amide bonds. The van der Waals surface area contributed by atoms with Crippen molar-refractivity contribution in [2.75, 3.05) is 41.4 Å². The largest absolute Gasteiger partial charge is 0.468 e. The van der Waals surface area contributed by atoms with E-state index in [-0.39, 0.29) is 20.5 Å². The Bertz CT molecular complexity index is 954. The fourth-order valence-electron chi connectivity index (χ4n) is 5.61. The Kier molecular flexibility index (Phi) is 6.67. The van der Waals surface area contributed by atoms with Crippen LogP contribution in [0.2, 0.25) is 0 Å². The van der Waals surface area contributed by atoms with E-state index in [2.05, 4.69) is 9.97 Å². The van der Waals surface area contributed by atoms with E-state index >= 15 is 0 Å². The second kappa shape index (κ2) is 8.99. The standard InChI is InChI=1S/C23H26N4O5.CH4/c1-26-13-22(20(29)31-3)17(15-9-5-7-11-24-15)27(2)18(16-10-6-8-12-25-16)23(14-26,19(22)28)21(30)32-4;/h5-12,17-18H,13-14H2,1-4H3;1H4. The minimum atomic E-state index is -1.68. The average molecular weight is 455 g/mol. The van der Waals surface area contributed by atoms with Gasteiger partial charge in [-0.15, -0.1) is 0 Å². The average Bonchev–Trinajstić information content (AvgIpc) is 2.81. The number of esters is 2.